The maximum Gasteiger partial charge on any atom is 0.499 e. The molecule has 1 fully saturated rings. The van der Waals surface area contributed by atoms with Crippen LogP contribution in [0, 0.1) is 11.3 Å². The summed E-state index contributed by atoms with van der Waals surface area (Å²) in [5.74, 6) is 0.249. The van der Waals surface area contributed by atoms with Gasteiger partial charge in [-0.05, 0) is 33.8 Å². The molecule has 0 spiro atoms. The Morgan fingerprint density at radius 2 is 1.75 bits per heavy atom. The van der Waals surface area contributed by atoms with Gasteiger partial charge in [-0.25, -0.2) is 0 Å². The maximum atomic E-state index is 8.87. The molecule has 16 heavy (non-hydrogen) atoms. The van der Waals surface area contributed by atoms with E-state index in [1.165, 1.54) is 6.26 Å². The van der Waals surface area contributed by atoms with Crippen molar-refractivity contribution in [1.82, 2.24) is 0 Å². The molecule has 1 aromatic rings. The molecule has 0 N–H and O–H groups in total. The average molecular weight is 219 g/mol. The van der Waals surface area contributed by atoms with Crippen LogP contribution in [0.15, 0.2) is 16.7 Å². The Morgan fingerprint density at radius 1 is 1.19 bits per heavy atom. The van der Waals surface area contributed by atoms with Crippen LogP contribution in [0.25, 0.3) is 0 Å². The summed E-state index contributed by atoms with van der Waals surface area (Å²) in [4.78, 5) is 0. The van der Waals surface area contributed by atoms with Gasteiger partial charge in [0.2, 0.25) is 5.76 Å². The van der Waals surface area contributed by atoms with Gasteiger partial charge in [0.25, 0.3) is 0 Å². The number of rotatable bonds is 1. The number of hydrogen-bond donors (Lipinski definition) is 0. The van der Waals surface area contributed by atoms with E-state index in [0.717, 1.165) is 0 Å². The van der Waals surface area contributed by atoms with Crippen LogP contribution in [0.1, 0.15) is 33.5 Å². The van der Waals surface area contributed by atoms with Crippen molar-refractivity contribution >= 4 is 12.6 Å². The van der Waals surface area contributed by atoms with Crippen LogP contribution in [-0.4, -0.2) is 18.3 Å². The Labute approximate surface area is 95.3 Å². The van der Waals surface area contributed by atoms with E-state index in [-0.39, 0.29) is 5.76 Å². The first-order chi connectivity index (χ1) is 7.37. The second kappa shape index (κ2) is 3.37. The summed E-state index contributed by atoms with van der Waals surface area (Å²) in [7, 11) is -0.529. The molecule has 1 aromatic heterocycles. The number of furan rings is 1. The van der Waals surface area contributed by atoms with Crippen LogP contribution in [0.4, 0.5) is 0 Å². The fourth-order valence-corrected chi connectivity index (χ4v) is 1.57. The summed E-state index contributed by atoms with van der Waals surface area (Å²) in [6.07, 6.45) is 1.47. The smallest absolute Gasteiger partial charge is 0.454 e. The summed E-state index contributed by atoms with van der Waals surface area (Å²) in [6.45, 7) is 7.89. The quantitative estimate of drug-likeness (QED) is 0.670. The van der Waals surface area contributed by atoms with Gasteiger partial charge in [0.05, 0.1) is 17.5 Å². The highest BCUT2D eigenvalue weighted by atomic mass is 16.7. The zero-order valence-corrected chi connectivity index (χ0v) is 9.90. The summed E-state index contributed by atoms with van der Waals surface area (Å²) < 4.78 is 16.7. The highest BCUT2D eigenvalue weighted by molar-refractivity contribution is 6.62. The predicted molar refractivity (Wildman–Crippen MR) is 59.1 cm³/mol. The highest BCUT2D eigenvalue weighted by Gasteiger charge is 2.52. The van der Waals surface area contributed by atoms with Crippen molar-refractivity contribution in [3.63, 3.8) is 0 Å². The normalized spacial score (nSPS) is 22.1. The Bertz CT molecular complexity index is 428. The minimum absolute atomic E-state index is 0.249. The largest absolute Gasteiger partial charge is 0.499 e. The minimum atomic E-state index is -0.529. The van der Waals surface area contributed by atoms with Gasteiger partial charge in [-0.15, -0.1) is 0 Å². The first kappa shape index (κ1) is 11.2. The van der Waals surface area contributed by atoms with Crippen molar-refractivity contribution in [1.29, 1.82) is 5.26 Å². The lowest BCUT2D eigenvalue weighted by molar-refractivity contribution is 0.00578. The third kappa shape index (κ3) is 1.55. The van der Waals surface area contributed by atoms with E-state index in [1.807, 2.05) is 33.8 Å². The first-order valence-corrected chi connectivity index (χ1v) is 5.20. The van der Waals surface area contributed by atoms with Crippen molar-refractivity contribution in [3.05, 3.63) is 18.1 Å². The molecule has 5 heteroatoms. The van der Waals surface area contributed by atoms with Crippen LogP contribution in [-0.2, 0) is 9.31 Å². The summed E-state index contributed by atoms with van der Waals surface area (Å²) in [5, 5.41) is 8.87. The van der Waals surface area contributed by atoms with Crippen molar-refractivity contribution in [2.75, 3.05) is 0 Å². The fourth-order valence-electron chi connectivity index (χ4n) is 1.57. The Balaban J connectivity index is 2.31. The lowest BCUT2D eigenvalue weighted by Gasteiger charge is -2.32. The summed E-state index contributed by atoms with van der Waals surface area (Å²) >= 11 is 0. The second-order valence-corrected chi connectivity index (χ2v) is 4.91. The van der Waals surface area contributed by atoms with E-state index >= 15 is 0 Å². The molecule has 0 saturated carbocycles. The molecule has 1 aliphatic heterocycles. The van der Waals surface area contributed by atoms with Crippen LogP contribution < -0.4 is 5.46 Å². The van der Waals surface area contributed by atoms with E-state index in [4.69, 9.17) is 19.0 Å². The standard InChI is InChI=1S/C11H14BNO3/c1-10(2)11(3,4)16-12(15-10)8-5-6-14-9(8)7-13/h5-6H,1-4H3. The van der Waals surface area contributed by atoms with Crippen LogP contribution in [0.2, 0.25) is 0 Å². The lowest BCUT2D eigenvalue weighted by atomic mass is 9.79. The lowest BCUT2D eigenvalue weighted by Crippen LogP contribution is -2.41. The molecule has 2 rings (SSSR count). The van der Waals surface area contributed by atoms with Gasteiger partial charge >= 0.3 is 7.12 Å². The SMILES string of the molecule is CC1(C)OB(c2ccoc2C#N)OC1(C)C. The maximum absolute atomic E-state index is 8.87. The molecular weight excluding hydrogens is 205 g/mol. The molecule has 0 amide bonds. The van der Waals surface area contributed by atoms with Gasteiger partial charge < -0.3 is 13.7 Å². The molecule has 0 unspecified atom stereocenters. The predicted octanol–water partition coefficient (Wildman–Crippen LogP) is 1.45. The van der Waals surface area contributed by atoms with E-state index < -0.39 is 18.3 Å². The fraction of sp³-hybridized carbons (Fsp3) is 0.545. The van der Waals surface area contributed by atoms with E-state index in [9.17, 15) is 0 Å². The molecule has 0 aromatic carbocycles. The molecule has 0 bridgehead atoms. The van der Waals surface area contributed by atoms with Crippen LogP contribution in [0.3, 0.4) is 0 Å². The third-order valence-corrected chi connectivity index (χ3v) is 3.30. The van der Waals surface area contributed by atoms with Gasteiger partial charge in [-0.1, -0.05) is 0 Å². The monoisotopic (exact) mass is 219 g/mol. The van der Waals surface area contributed by atoms with Crippen LogP contribution >= 0.6 is 0 Å². The number of nitriles is 1. The Kier molecular flexibility index (Phi) is 2.37. The molecule has 1 saturated heterocycles. The molecule has 4 nitrogen and oxygen atoms in total. The van der Waals surface area contributed by atoms with Crippen LogP contribution in [0.5, 0.6) is 0 Å². The zero-order valence-electron chi connectivity index (χ0n) is 9.90. The molecule has 84 valence electrons. The Morgan fingerprint density at radius 3 is 2.25 bits per heavy atom. The van der Waals surface area contributed by atoms with Crippen molar-refractivity contribution < 1.29 is 13.7 Å². The Hall–Kier alpha value is -1.25. The van der Waals surface area contributed by atoms with Gasteiger partial charge in [-0.3, -0.25) is 0 Å². The number of nitrogens with zero attached hydrogens (tertiary/aromatic N) is 1. The van der Waals surface area contributed by atoms with Gasteiger partial charge in [-0.2, -0.15) is 5.26 Å². The molecule has 0 radical (unpaired) electrons. The molecular formula is C11H14BNO3. The van der Waals surface area contributed by atoms with Gasteiger partial charge in [0, 0.05) is 5.46 Å². The van der Waals surface area contributed by atoms with Gasteiger partial charge in [0.1, 0.15) is 6.07 Å². The minimum Gasteiger partial charge on any atom is -0.454 e. The topological polar surface area (TPSA) is 55.4 Å². The van der Waals surface area contributed by atoms with E-state index in [1.54, 1.807) is 6.07 Å². The average Bonchev–Trinajstić information content (AvgIpc) is 2.69. The molecule has 2 heterocycles. The number of hydrogen-bond acceptors (Lipinski definition) is 4. The van der Waals surface area contributed by atoms with E-state index in [2.05, 4.69) is 0 Å². The third-order valence-electron chi connectivity index (χ3n) is 3.30. The molecule has 0 aliphatic carbocycles. The summed E-state index contributed by atoms with van der Waals surface area (Å²) in [5.41, 5.74) is -0.148. The van der Waals surface area contributed by atoms with Crippen molar-refractivity contribution in [2.45, 2.75) is 38.9 Å². The molecule has 0 atom stereocenters. The van der Waals surface area contributed by atoms with E-state index in [0.29, 0.717) is 5.46 Å². The van der Waals surface area contributed by atoms with Crippen molar-refractivity contribution in [2.24, 2.45) is 0 Å². The first-order valence-electron chi connectivity index (χ1n) is 5.20. The zero-order chi connectivity index (χ0) is 12.0. The summed E-state index contributed by atoms with van der Waals surface area (Å²) in [6, 6.07) is 3.69. The second-order valence-electron chi connectivity index (χ2n) is 4.91. The van der Waals surface area contributed by atoms with Crippen molar-refractivity contribution in [3.8, 4) is 6.07 Å². The van der Waals surface area contributed by atoms with Gasteiger partial charge in [0.15, 0.2) is 0 Å². The molecule has 1 aliphatic rings. The highest BCUT2D eigenvalue weighted by Crippen LogP contribution is 2.36.